The molecule has 1 atom stereocenters. The number of rotatable bonds is 4. The van der Waals surface area contributed by atoms with E-state index in [1.165, 1.54) is 9.75 Å². The number of aliphatic carboxylic acids is 1. The Morgan fingerprint density at radius 2 is 2.15 bits per heavy atom. The van der Waals surface area contributed by atoms with E-state index in [2.05, 4.69) is 34.7 Å². The molecule has 1 unspecified atom stereocenters. The molecule has 0 aromatic carbocycles. The van der Waals surface area contributed by atoms with E-state index < -0.39 is 12.1 Å². The van der Waals surface area contributed by atoms with Gasteiger partial charge in [0.05, 0.1) is 24.6 Å². The Hall–Kier alpha value is -1.98. The third-order valence-electron chi connectivity index (χ3n) is 3.83. The van der Waals surface area contributed by atoms with E-state index in [0.29, 0.717) is 12.5 Å². The fraction of sp³-hybridized carbons (Fsp3) is 0.562. The van der Waals surface area contributed by atoms with Gasteiger partial charge in [-0.25, -0.2) is 9.48 Å². The monoisotopic (exact) mass is 406 g/mol. The number of hydrogen-bond donors (Lipinski definition) is 2. The van der Waals surface area contributed by atoms with Crippen molar-refractivity contribution < 1.29 is 27.8 Å². The number of aryl methyl sites for hydroxylation is 2. The van der Waals surface area contributed by atoms with Gasteiger partial charge in [0.1, 0.15) is 0 Å². The van der Waals surface area contributed by atoms with Crippen LogP contribution in [0.5, 0.6) is 0 Å². The van der Waals surface area contributed by atoms with Crippen molar-refractivity contribution in [1.29, 1.82) is 0 Å². The number of nitrogens with zero attached hydrogens (tertiary/aromatic N) is 3. The molecule has 11 heteroatoms. The van der Waals surface area contributed by atoms with Gasteiger partial charge in [-0.2, -0.15) is 13.2 Å². The molecule has 0 spiro atoms. The van der Waals surface area contributed by atoms with Crippen molar-refractivity contribution in [2.45, 2.75) is 39.7 Å². The highest BCUT2D eigenvalue weighted by Gasteiger charge is 2.38. The lowest BCUT2D eigenvalue weighted by Gasteiger charge is -2.14. The molecule has 1 aliphatic rings. The first-order chi connectivity index (χ1) is 12.7. The first-order valence-electron chi connectivity index (χ1n) is 8.19. The summed E-state index contributed by atoms with van der Waals surface area (Å²) in [5.41, 5.74) is 2.09. The Bertz CT molecular complexity index is 760. The summed E-state index contributed by atoms with van der Waals surface area (Å²) in [4.78, 5) is 11.6. The van der Waals surface area contributed by atoms with Crippen LogP contribution in [0.4, 0.5) is 13.2 Å². The van der Waals surface area contributed by atoms with Crippen LogP contribution in [0.1, 0.15) is 21.1 Å². The molecule has 0 saturated carbocycles. The van der Waals surface area contributed by atoms with Crippen molar-refractivity contribution in [3.8, 4) is 0 Å². The number of hydrogen-bond acceptors (Lipinski definition) is 6. The van der Waals surface area contributed by atoms with E-state index in [0.717, 1.165) is 37.6 Å². The zero-order valence-electron chi connectivity index (χ0n) is 14.9. The highest BCUT2D eigenvalue weighted by molar-refractivity contribution is 7.11. The molecule has 150 valence electrons. The first kappa shape index (κ1) is 21.3. The highest BCUT2D eigenvalue weighted by atomic mass is 32.1. The van der Waals surface area contributed by atoms with Crippen LogP contribution >= 0.6 is 11.3 Å². The molecule has 7 nitrogen and oxygen atoms in total. The number of fused-ring (bicyclic) bond motifs is 1. The zero-order valence-corrected chi connectivity index (χ0v) is 15.7. The second-order valence-electron chi connectivity index (χ2n) is 6.13. The molecule has 0 radical (unpaired) electrons. The molecule has 0 amide bonds. The lowest BCUT2D eigenvalue weighted by atomic mass is 10.1. The van der Waals surface area contributed by atoms with Crippen LogP contribution in [-0.4, -0.2) is 45.4 Å². The normalized spacial score (nSPS) is 16.9. The van der Waals surface area contributed by atoms with Crippen molar-refractivity contribution >= 4 is 17.3 Å². The van der Waals surface area contributed by atoms with E-state index in [1.54, 1.807) is 0 Å². The molecule has 3 rings (SSSR count). The minimum atomic E-state index is -5.08. The number of alkyl halides is 3. The predicted molar refractivity (Wildman–Crippen MR) is 92.4 cm³/mol. The molecular weight excluding hydrogens is 385 g/mol. The van der Waals surface area contributed by atoms with Crippen molar-refractivity contribution in [3.05, 3.63) is 33.3 Å². The molecule has 2 aromatic rings. The number of carboxylic acid groups (broad SMARTS) is 1. The van der Waals surface area contributed by atoms with Crippen LogP contribution in [0, 0.1) is 19.8 Å². The Balaban J connectivity index is 0.000000321. The van der Waals surface area contributed by atoms with Gasteiger partial charge in [-0.1, -0.05) is 5.21 Å². The van der Waals surface area contributed by atoms with Gasteiger partial charge in [0, 0.05) is 35.3 Å². The van der Waals surface area contributed by atoms with E-state index in [1.807, 2.05) is 22.9 Å². The number of aromatic nitrogens is 3. The fourth-order valence-corrected chi connectivity index (χ4v) is 3.33. The second-order valence-corrected chi connectivity index (χ2v) is 7.50. The Morgan fingerprint density at radius 3 is 2.74 bits per heavy atom. The van der Waals surface area contributed by atoms with Crippen molar-refractivity contribution in [3.63, 3.8) is 0 Å². The topological polar surface area (TPSA) is 89.3 Å². The fourth-order valence-electron chi connectivity index (χ4n) is 2.47. The molecule has 2 N–H and O–H groups in total. The van der Waals surface area contributed by atoms with E-state index in [-0.39, 0.29) is 0 Å². The van der Waals surface area contributed by atoms with Gasteiger partial charge in [-0.05, 0) is 26.0 Å². The third-order valence-corrected chi connectivity index (χ3v) is 4.83. The van der Waals surface area contributed by atoms with Gasteiger partial charge in [0.25, 0.3) is 0 Å². The van der Waals surface area contributed by atoms with E-state index in [9.17, 15) is 13.2 Å². The SMILES string of the molecule is Cc1ccc(CNCC2COCc3c(C)nnn3C2)s1.O=C(O)C(F)(F)F. The number of carbonyl (C=O) groups is 1. The highest BCUT2D eigenvalue weighted by Crippen LogP contribution is 2.16. The molecule has 0 aliphatic carbocycles. The lowest BCUT2D eigenvalue weighted by molar-refractivity contribution is -0.192. The van der Waals surface area contributed by atoms with Crippen molar-refractivity contribution in [2.24, 2.45) is 5.92 Å². The lowest BCUT2D eigenvalue weighted by Crippen LogP contribution is -2.28. The van der Waals surface area contributed by atoms with Gasteiger partial charge in [-0.15, -0.1) is 16.4 Å². The molecule has 0 bridgehead atoms. The number of carboxylic acids is 1. The zero-order chi connectivity index (χ0) is 20.0. The maximum absolute atomic E-state index is 10.6. The number of halogens is 3. The summed E-state index contributed by atoms with van der Waals surface area (Å²) < 4.78 is 39.5. The Kier molecular flexibility index (Phi) is 7.33. The smallest absolute Gasteiger partial charge is 0.475 e. The summed E-state index contributed by atoms with van der Waals surface area (Å²) in [5.74, 6) is -2.31. The molecule has 0 saturated heterocycles. The summed E-state index contributed by atoms with van der Waals surface area (Å²) in [7, 11) is 0. The Morgan fingerprint density at radius 1 is 1.44 bits per heavy atom. The maximum Gasteiger partial charge on any atom is 0.490 e. The van der Waals surface area contributed by atoms with E-state index in [4.69, 9.17) is 14.6 Å². The van der Waals surface area contributed by atoms with Crippen LogP contribution < -0.4 is 5.32 Å². The summed E-state index contributed by atoms with van der Waals surface area (Å²) in [6.45, 7) is 8.28. The predicted octanol–water partition coefficient (Wildman–Crippen LogP) is 2.53. The molecule has 27 heavy (non-hydrogen) atoms. The third kappa shape index (κ3) is 6.60. The molecular formula is C16H21F3N4O3S. The van der Waals surface area contributed by atoms with Crippen LogP contribution in [-0.2, 0) is 29.2 Å². The molecule has 3 heterocycles. The average Bonchev–Trinajstić information content (AvgIpc) is 3.07. The average molecular weight is 406 g/mol. The van der Waals surface area contributed by atoms with E-state index >= 15 is 0 Å². The standard InChI is InChI=1S/C14H20N4OS.C2HF3O2/c1-10-3-4-13(20-10)6-15-5-12-7-18-14(9-19-8-12)11(2)16-17-18;3-2(4,5)1(6)7/h3-4,12,15H,5-9H2,1-2H3;(H,6,7). The van der Waals surface area contributed by atoms with Gasteiger partial charge in [0.2, 0.25) is 0 Å². The minimum absolute atomic E-state index is 0.443. The first-order valence-corrected chi connectivity index (χ1v) is 9.01. The van der Waals surface area contributed by atoms with Crippen LogP contribution in [0.3, 0.4) is 0 Å². The molecule has 0 fully saturated rings. The van der Waals surface area contributed by atoms with Gasteiger partial charge < -0.3 is 15.2 Å². The summed E-state index contributed by atoms with van der Waals surface area (Å²) in [6.07, 6.45) is -5.08. The minimum Gasteiger partial charge on any atom is -0.475 e. The molecule has 1 aliphatic heterocycles. The number of ether oxygens (including phenoxy) is 1. The maximum atomic E-state index is 10.6. The van der Waals surface area contributed by atoms with Crippen molar-refractivity contribution in [2.75, 3.05) is 13.2 Å². The van der Waals surface area contributed by atoms with Crippen LogP contribution in [0.15, 0.2) is 12.1 Å². The largest absolute Gasteiger partial charge is 0.490 e. The van der Waals surface area contributed by atoms with Gasteiger partial charge >= 0.3 is 12.1 Å². The molecule has 2 aromatic heterocycles. The quantitative estimate of drug-likeness (QED) is 0.811. The van der Waals surface area contributed by atoms with Crippen LogP contribution in [0.2, 0.25) is 0 Å². The second kappa shape index (κ2) is 9.29. The van der Waals surface area contributed by atoms with Crippen molar-refractivity contribution in [1.82, 2.24) is 20.3 Å². The summed E-state index contributed by atoms with van der Waals surface area (Å²) >= 11 is 1.85. The Labute approximate surface area is 158 Å². The van der Waals surface area contributed by atoms with Gasteiger partial charge in [0.15, 0.2) is 0 Å². The van der Waals surface area contributed by atoms with Gasteiger partial charge in [-0.3, -0.25) is 0 Å². The number of thiophene rings is 1. The summed E-state index contributed by atoms with van der Waals surface area (Å²) in [5, 5.41) is 19.0. The number of nitrogens with one attached hydrogen (secondary N) is 1. The summed E-state index contributed by atoms with van der Waals surface area (Å²) in [6, 6.07) is 4.36. The van der Waals surface area contributed by atoms with Crippen LogP contribution in [0.25, 0.3) is 0 Å².